The maximum absolute atomic E-state index is 13.7. The van der Waals surface area contributed by atoms with Crippen molar-refractivity contribution in [2.45, 2.75) is 6.61 Å². The van der Waals surface area contributed by atoms with E-state index in [0.29, 0.717) is 5.82 Å². The molecule has 0 saturated heterocycles. The molecule has 0 saturated carbocycles. The van der Waals surface area contributed by atoms with Crippen molar-refractivity contribution in [2.24, 2.45) is 0 Å². The Balaban J connectivity index is 2.56. The molecule has 1 aromatic carbocycles. The normalized spacial score (nSPS) is 10.7. The Labute approximate surface area is 114 Å². The van der Waals surface area contributed by atoms with Gasteiger partial charge in [0.2, 0.25) is 0 Å². The molecule has 0 N–H and O–H groups in total. The van der Waals surface area contributed by atoms with E-state index < -0.39 is 5.82 Å². The number of methoxy groups -OCH3 is 1. The Morgan fingerprint density at radius 2 is 1.78 bits per heavy atom. The fourth-order valence-corrected chi connectivity index (χ4v) is 2.15. The molecule has 0 bridgehead atoms. The summed E-state index contributed by atoms with van der Waals surface area (Å²) in [4.78, 5) is 8.04. The molecule has 0 aliphatic rings. The zero-order valence-electron chi connectivity index (χ0n) is 9.45. The number of ether oxygens (including phenoxy) is 1. The number of nitrogens with zero attached hydrogens (tertiary/aromatic N) is 2. The molecule has 0 aliphatic carbocycles. The zero-order valence-corrected chi connectivity index (χ0v) is 11.0. The van der Waals surface area contributed by atoms with Gasteiger partial charge in [-0.25, -0.2) is 14.4 Å². The molecule has 0 amide bonds. The lowest BCUT2D eigenvalue weighted by molar-refractivity contribution is 0.178. The standard InChI is InChI=1S/C12H9Cl2FN2O/c1-18-6-9-16-11(13)10(12(14)17-9)7-4-2-3-5-8(7)15/h2-5H,6H2,1H3. The Bertz CT molecular complexity index is 555. The minimum Gasteiger partial charge on any atom is -0.377 e. The van der Waals surface area contributed by atoms with E-state index in [1.807, 2.05) is 0 Å². The summed E-state index contributed by atoms with van der Waals surface area (Å²) in [6, 6.07) is 6.17. The van der Waals surface area contributed by atoms with Gasteiger partial charge in [-0.15, -0.1) is 0 Å². The van der Waals surface area contributed by atoms with Crippen LogP contribution < -0.4 is 0 Å². The van der Waals surface area contributed by atoms with Gasteiger partial charge in [0.25, 0.3) is 0 Å². The summed E-state index contributed by atoms with van der Waals surface area (Å²) in [7, 11) is 1.51. The molecule has 1 aromatic heterocycles. The topological polar surface area (TPSA) is 35.0 Å². The predicted octanol–water partition coefficient (Wildman–Crippen LogP) is 3.74. The predicted molar refractivity (Wildman–Crippen MR) is 68.2 cm³/mol. The van der Waals surface area contributed by atoms with Crippen LogP contribution in [0, 0.1) is 5.82 Å². The van der Waals surface area contributed by atoms with Crippen LogP contribution in [-0.4, -0.2) is 17.1 Å². The lowest BCUT2D eigenvalue weighted by atomic mass is 10.1. The van der Waals surface area contributed by atoms with Gasteiger partial charge in [-0.05, 0) is 6.07 Å². The van der Waals surface area contributed by atoms with Crippen LogP contribution in [0.1, 0.15) is 5.82 Å². The third-order valence-corrected chi connectivity index (χ3v) is 2.83. The van der Waals surface area contributed by atoms with E-state index in [1.54, 1.807) is 18.2 Å². The van der Waals surface area contributed by atoms with Crippen molar-refractivity contribution in [3.05, 3.63) is 46.2 Å². The van der Waals surface area contributed by atoms with Crippen molar-refractivity contribution in [1.82, 2.24) is 9.97 Å². The van der Waals surface area contributed by atoms with E-state index in [2.05, 4.69) is 9.97 Å². The molecule has 0 aliphatic heterocycles. The van der Waals surface area contributed by atoms with E-state index >= 15 is 0 Å². The van der Waals surface area contributed by atoms with Crippen LogP contribution in [0.5, 0.6) is 0 Å². The molecule has 6 heteroatoms. The maximum atomic E-state index is 13.7. The van der Waals surface area contributed by atoms with Crippen molar-refractivity contribution in [1.29, 1.82) is 0 Å². The lowest BCUT2D eigenvalue weighted by Gasteiger charge is -2.08. The molecule has 0 radical (unpaired) electrons. The van der Waals surface area contributed by atoms with E-state index in [9.17, 15) is 4.39 Å². The molecular weight excluding hydrogens is 278 g/mol. The van der Waals surface area contributed by atoms with E-state index in [0.717, 1.165) is 0 Å². The van der Waals surface area contributed by atoms with Gasteiger partial charge in [-0.1, -0.05) is 41.4 Å². The number of benzene rings is 1. The van der Waals surface area contributed by atoms with Crippen LogP contribution >= 0.6 is 23.2 Å². The van der Waals surface area contributed by atoms with Gasteiger partial charge < -0.3 is 4.74 Å². The number of hydrogen-bond acceptors (Lipinski definition) is 3. The van der Waals surface area contributed by atoms with Crippen molar-refractivity contribution in [3.63, 3.8) is 0 Å². The summed E-state index contributed by atoms with van der Waals surface area (Å²) in [6.07, 6.45) is 0. The summed E-state index contributed by atoms with van der Waals surface area (Å²) in [5.74, 6) is -0.0722. The van der Waals surface area contributed by atoms with Crippen LogP contribution in [0.25, 0.3) is 11.1 Å². The first-order valence-electron chi connectivity index (χ1n) is 5.09. The number of rotatable bonds is 3. The Kier molecular flexibility index (Phi) is 4.11. The van der Waals surface area contributed by atoms with Crippen LogP contribution in [-0.2, 0) is 11.3 Å². The monoisotopic (exact) mass is 286 g/mol. The average Bonchev–Trinajstić information content (AvgIpc) is 2.31. The smallest absolute Gasteiger partial charge is 0.157 e. The molecule has 1 heterocycles. The highest BCUT2D eigenvalue weighted by Gasteiger charge is 2.16. The second kappa shape index (κ2) is 5.61. The van der Waals surface area contributed by atoms with Crippen molar-refractivity contribution < 1.29 is 9.13 Å². The highest BCUT2D eigenvalue weighted by Crippen LogP contribution is 2.33. The van der Waals surface area contributed by atoms with Crippen LogP contribution in [0.3, 0.4) is 0 Å². The first kappa shape index (κ1) is 13.2. The van der Waals surface area contributed by atoms with Gasteiger partial charge >= 0.3 is 0 Å². The highest BCUT2D eigenvalue weighted by atomic mass is 35.5. The molecule has 0 spiro atoms. The van der Waals surface area contributed by atoms with E-state index in [1.165, 1.54) is 13.2 Å². The van der Waals surface area contributed by atoms with Gasteiger partial charge in [-0.3, -0.25) is 0 Å². The molecule has 2 aromatic rings. The maximum Gasteiger partial charge on any atom is 0.157 e. The molecule has 0 atom stereocenters. The van der Waals surface area contributed by atoms with Crippen molar-refractivity contribution in [2.75, 3.05) is 7.11 Å². The third-order valence-electron chi connectivity index (χ3n) is 2.28. The fraction of sp³-hybridized carbons (Fsp3) is 0.167. The zero-order chi connectivity index (χ0) is 13.1. The first-order chi connectivity index (χ1) is 8.63. The largest absolute Gasteiger partial charge is 0.377 e. The van der Waals surface area contributed by atoms with Gasteiger partial charge in [-0.2, -0.15) is 0 Å². The van der Waals surface area contributed by atoms with Crippen LogP contribution in [0.2, 0.25) is 10.3 Å². The molecular formula is C12H9Cl2FN2O. The number of hydrogen-bond donors (Lipinski definition) is 0. The van der Waals surface area contributed by atoms with Crippen LogP contribution in [0.15, 0.2) is 24.3 Å². The highest BCUT2D eigenvalue weighted by molar-refractivity contribution is 6.37. The summed E-state index contributed by atoms with van der Waals surface area (Å²) in [6.45, 7) is 0.191. The minimum absolute atomic E-state index is 0.104. The van der Waals surface area contributed by atoms with Crippen molar-refractivity contribution >= 4 is 23.2 Å². The number of aromatic nitrogens is 2. The van der Waals surface area contributed by atoms with Crippen LogP contribution in [0.4, 0.5) is 4.39 Å². The molecule has 3 nitrogen and oxygen atoms in total. The molecule has 94 valence electrons. The van der Waals surface area contributed by atoms with Gasteiger partial charge in [0, 0.05) is 12.7 Å². The summed E-state index contributed by atoms with van der Waals surface area (Å²) in [5.41, 5.74) is 0.563. The molecule has 0 unspecified atom stereocenters. The average molecular weight is 287 g/mol. The quantitative estimate of drug-likeness (QED) is 0.807. The second-order valence-electron chi connectivity index (χ2n) is 3.51. The lowest BCUT2D eigenvalue weighted by Crippen LogP contribution is -2.00. The first-order valence-corrected chi connectivity index (χ1v) is 5.85. The van der Waals surface area contributed by atoms with Gasteiger partial charge in [0.15, 0.2) is 5.82 Å². The summed E-state index contributed by atoms with van der Waals surface area (Å²) < 4.78 is 18.6. The van der Waals surface area contributed by atoms with E-state index in [4.69, 9.17) is 27.9 Å². The summed E-state index contributed by atoms with van der Waals surface area (Å²) >= 11 is 12.0. The third kappa shape index (κ3) is 2.61. The summed E-state index contributed by atoms with van der Waals surface area (Å²) in [5, 5.41) is 0.208. The molecule has 0 fully saturated rings. The molecule has 2 rings (SSSR count). The minimum atomic E-state index is -0.426. The Hall–Kier alpha value is -1.23. The SMILES string of the molecule is COCc1nc(Cl)c(-c2ccccc2F)c(Cl)n1. The number of halogens is 3. The van der Waals surface area contributed by atoms with Gasteiger partial charge in [0.1, 0.15) is 22.7 Å². The Morgan fingerprint density at radius 1 is 1.17 bits per heavy atom. The van der Waals surface area contributed by atoms with Gasteiger partial charge in [0.05, 0.1) is 5.56 Å². The van der Waals surface area contributed by atoms with Crippen molar-refractivity contribution in [3.8, 4) is 11.1 Å². The van der Waals surface area contributed by atoms with E-state index in [-0.39, 0.29) is 28.0 Å². The fourth-order valence-electron chi connectivity index (χ4n) is 1.53. The second-order valence-corrected chi connectivity index (χ2v) is 4.23. The molecule has 18 heavy (non-hydrogen) atoms. The Morgan fingerprint density at radius 3 is 2.33 bits per heavy atom.